The molecule has 0 saturated carbocycles. The fourth-order valence-electron chi connectivity index (χ4n) is 3.72. The van der Waals surface area contributed by atoms with Gasteiger partial charge in [0.25, 0.3) is 11.8 Å². The largest absolute Gasteiger partial charge is 0.387 e. The van der Waals surface area contributed by atoms with Crippen LogP contribution in [0.4, 0.5) is 5.82 Å². The molecular formula is C19H24N8O6. The predicted octanol–water partition coefficient (Wildman–Crippen LogP) is -2.83. The van der Waals surface area contributed by atoms with E-state index in [0.29, 0.717) is 32.0 Å². The lowest BCUT2D eigenvalue weighted by molar-refractivity contribution is -0.150. The number of rotatable bonds is 6. The number of nitrogens with zero attached hydrogens (tertiary/aromatic N) is 6. The Balaban J connectivity index is 1.30. The molecule has 2 saturated heterocycles. The first-order valence-electron chi connectivity index (χ1n) is 10.3. The van der Waals surface area contributed by atoms with Gasteiger partial charge in [0, 0.05) is 32.4 Å². The van der Waals surface area contributed by atoms with Gasteiger partial charge >= 0.3 is 0 Å². The Morgan fingerprint density at radius 1 is 1.12 bits per heavy atom. The maximum absolute atomic E-state index is 12.9. The van der Waals surface area contributed by atoms with Crippen LogP contribution < -0.4 is 11.1 Å². The minimum absolute atomic E-state index is 0.149. The first-order valence-corrected chi connectivity index (χ1v) is 10.3. The lowest BCUT2D eigenvalue weighted by Crippen LogP contribution is -2.54. The molecule has 4 heterocycles. The Bertz CT molecular complexity index is 1010. The molecule has 0 radical (unpaired) electrons. The number of pyridine rings is 1. The van der Waals surface area contributed by atoms with Crippen molar-refractivity contribution >= 4 is 23.5 Å². The first-order chi connectivity index (χ1) is 15.8. The van der Waals surface area contributed by atoms with Crippen LogP contribution in [0.25, 0.3) is 0 Å². The number of hydrogen-bond donors (Lipinski definition) is 4. The molecule has 3 amide bonds. The number of aliphatic hydroxyl groups is 2. The van der Waals surface area contributed by atoms with E-state index in [0.717, 1.165) is 11.0 Å². The van der Waals surface area contributed by atoms with Crippen LogP contribution in [-0.2, 0) is 14.3 Å². The molecule has 176 valence electrons. The fraction of sp³-hybridized carbons (Fsp3) is 0.474. The Kier molecular flexibility index (Phi) is 6.60. The van der Waals surface area contributed by atoms with Gasteiger partial charge < -0.3 is 30.9 Å². The molecule has 4 atom stereocenters. The number of anilines is 1. The maximum atomic E-state index is 12.9. The Morgan fingerprint density at radius 3 is 2.52 bits per heavy atom. The van der Waals surface area contributed by atoms with Crippen molar-refractivity contribution in [3.05, 3.63) is 36.5 Å². The SMILES string of the molecule is NC(=O)c1ncn([C@@H]2O[C@H](C(=O)N3CCN(CC(=O)Nc4ccccn4)CC3)[C@@H](O)[C@H]2O)n1. The number of carbonyl (C=O) groups excluding carboxylic acids is 3. The van der Waals surface area contributed by atoms with Gasteiger partial charge in [-0.15, -0.1) is 5.10 Å². The molecule has 14 nitrogen and oxygen atoms in total. The highest BCUT2D eigenvalue weighted by Gasteiger charge is 2.49. The fourth-order valence-corrected chi connectivity index (χ4v) is 3.72. The molecular weight excluding hydrogens is 436 g/mol. The van der Waals surface area contributed by atoms with Gasteiger partial charge in [-0.1, -0.05) is 6.07 Å². The number of amides is 3. The molecule has 5 N–H and O–H groups in total. The highest BCUT2D eigenvalue weighted by molar-refractivity contribution is 5.91. The highest BCUT2D eigenvalue weighted by atomic mass is 16.6. The molecule has 0 aromatic carbocycles. The van der Waals surface area contributed by atoms with E-state index in [4.69, 9.17) is 10.5 Å². The summed E-state index contributed by atoms with van der Waals surface area (Å²) in [6.45, 7) is 1.68. The summed E-state index contributed by atoms with van der Waals surface area (Å²) in [4.78, 5) is 47.5. The molecule has 0 aliphatic carbocycles. The second-order valence-corrected chi connectivity index (χ2v) is 7.71. The first kappa shape index (κ1) is 22.7. The van der Waals surface area contributed by atoms with E-state index in [1.54, 1.807) is 24.4 Å². The van der Waals surface area contributed by atoms with Crippen LogP contribution >= 0.6 is 0 Å². The molecule has 2 aliphatic heterocycles. The van der Waals surface area contributed by atoms with Crippen LogP contribution in [0.2, 0.25) is 0 Å². The molecule has 33 heavy (non-hydrogen) atoms. The average molecular weight is 460 g/mol. The Labute approximate surface area is 187 Å². The molecule has 2 aliphatic rings. The van der Waals surface area contributed by atoms with Crippen LogP contribution in [0, 0.1) is 0 Å². The van der Waals surface area contributed by atoms with Gasteiger partial charge in [-0.05, 0) is 12.1 Å². The summed E-state index contributed by atoms with van der Waals surface area (Å²) in [5, 5.41) is 27.2. The van der Waals surface area contributed by atoms with E-state index in [-0.39, 0.29) is 18.3 Å². The van der Waals surface area contributed by atoms with Crippen molar-refractivity contribution in [3.63, 3.8) is 0 Å². The summed E-state index contributed by atoms with van der Waals surface area (Å²) < 4.78 is 6.61. The molecule has 2 aromatic heterocycles. The number of hydrogen-bond acceptors (Lipinski definition) is 10. The predicted molar refractivity (Wildman–Crippen MR) is 110 cm³/mol. The zero-order valence-electron chi connectivity index (χ0n) is 17.5. The third kappa shape index (κ3) is 4.98. The molecule has 0 spiro atoms. The van der Waals surface area contributed by atoms with Gasteiger partial charge in [0.1, 0.15) is 24.4 Å². The Morgan fingerprint density at radius 2 is 1.88 bits per heavy atom. The number of ether oxygens (including phenoxy) is 1. The molecule has 4 rings (SSSR count). The molecule has 14 heteroatoms. The van der Waals surface area contributed by atoms with E-state index in [1.807, 2.05) is 4.90 Å². The topological polar surface area (TPSA) is 189 Å². The lowest BCUT2D eigenvalue weighted by atomic mass is 10.1. The van der Waals surface area contributed by atoms with E-state index < -0.39 is 36.4 Å². The van der Waals surface area contributed by atoms with E-state index in [1.165, 1.54) is 4.90 Å². The maximum Gasteiger partial charge on any atom is 0.288 e. The van der Waals surface area contributed by atoms with Crippen LogP contribution in [0.1, 0.15) is 16.8 Å². The van der Waals surface area contributed by atoms with Gasteiger partial charge in [0.2, 0.25) is 11.7 Å². The summed E-state index contributed by atoms with van der Waals surface area (Å²) in [5.41, 5.74) is 5.12. The van der Waals surface area contributed by atoms with Gasteiger partial charge in [-0.25, -0.2) is 14.6 Å². The summed E-state index contributed by atoms with van der Waals surface area (Å²) in [5.74, 6) is -1.37. The molecule has 2 aromatic rings. The quantitative estimate of drug-likeness (QED) is 0.350. The van der Waals surface area contributed by atoms with Crippen molar-refractivity contribution < 1.29 is 29.3 Å². The van der Waals surface area contributed by atoms with Crippen molar-refractivity contribution in [1.29, 1.82) is 0 Å². The summed E-state index contributed by atoms with van der Waals surface area (Å²) >= 11 is 0. The zero-order valence-corrected chi connectivity index (χ0v) is 17.5. The van der Waals surface area contributed by atoms with Crippen molar-refractivity contribution in [2.45, 2.75) is 24.5 Å². The van der Waals surface area contributed by atoms with E-state index in [2.05, 4.69) is 20.4 Å². The zero-order chi connectivity index (χ0) is 23.5. The van der Waals surface area contributed by atoms with Crippen LogP contribution in [0.5, 0.6) is 0 Å². The Hall–Kier alpha value is -3.46. The summed E-state index contributed by atoms with van der Waals surface area (Å²) in [7, 11) is 0. The smallest absolute Gasteiger partial charge is 0.288 e. The monoisotopic (exact) mass is 460 g/mol. The van der Waals surface area contributed by atoms with Crippen LogP contribution in [0.15, 0.2) is 30.7 Å². The van der Waals surface area contributed by atoms with Crippen molar-refractivity contribution in [1.82, 2.24) is 29.5 Å². The number of piperazine rings is 1. The molecule has 0 unspecified atom stereocenters. The van der Waals surface area contributed by atoms with Crippen LogP contribution in [0.3, 0.4) is 0 Å². The number of aliphatic hydroxyl groups excluding tert-OH is 2. The number of aromatic nitrogens is 4. The minimum atomic E-state index is -1.49. The number of nitrogens with one attached hydrogen (secondary N) is 1. The third-order valence-corrected chi connectivity index (χ3v) is 5.45. The number of carbonyl (C=O) groups is 3. The number of nitrogens with two attached hydrogens (primary N) is 1. The van der Waals surface area contributed by atoms with Gasteiger partial charge in [-0.3, -0.25) is 19.3 Å². The van der Waals surface area contributed by atoms with E-state index >= 15 is 0 Å². The average Bonchev–Trinajstić information content (AvgIpc) is 3.40. The summed E-state index contributed by atoms with van der Waals surface area (Å²) in [6.07, 6.45) is -2.76. The third-order valence-electron chi connectivity index (χ3n) is 5.45. The summed E-state index contributed by atoms with van der Waals surface area (Å²) in [6, 6.07) is 5.22. The van der Waals surface area contributed by atoms with Gasteiger partial charge in [0.15, 0.2) is 12.3 Å². The van der Waals surface area contributed by atoms with E-state index in [9.17, 15) is 24.6 Å². The van der Waals surface area contributed by atoms with Gasteiger partial charge in [0.05, 0.1) is 6.54 Å². The second kappa shape index (κ2) is 9.58. The van der Waals surface area contributed by atoms with Crippen molar-refractivity contribution in [3.8, 4) is 0 Å². The normalized spacial score (nSPS) is 25.7. The number of primary amides is 1. The molecule has 2 fully saturated rings. The van der Waals surface area contributed by atoms with Crippen molar-refractivity contribution in [2.24, 2.45) is 5.73 Å². The molecule has 0 bridgehead atoms. The second-order valence-electron chi connectivity index (χ2n) is 7.71. The van der Waals surface area contributed by atoms with Crippen molar-refractivity contribution in [2.75, 3.05) is 38.0 Å². The van der Waals surface area contributed by atoms with Crippen LogP contribution in [-0.4, -0.2) is 109 Å². The standard InChI is InChI=1S/C19H24N8O6/c20-16(31)17-22-10-27(24-17)19-14(30)13(29)15(33-19)18(32)26-7-5-25(6-8-26)9-12(28)23-11-3-1-2-4-21-11/h1-4,10,13-15,19,29-30H,5-9H2,(H2,20,31)(H,21,23,28)/t13-,14+,15-,19+/m0/s1. The lowest BCUT2D eigenvalue weighted by Gasteiger charge is -2.35. The highest BCUT2D eigenvalue weighted by Crippen LogP contribution is 2.30. The van der Waals surface area contributed by atoms with Gasteiger partial charge in [-0.2, -0.15) is 0 Å². The minimum Gasteiger partial charge on any atom is -0.387 e.